The summed E-state index contributed by atoms with van der Waals surface area (Å²) in [6, 6.07) is 13.8. The Labute approximate surface area is 128 Å². The summed E-state index contributed by atoms with van der Waals surface area (Å²) < 4.78 is 0. The smallest absolute Gasteiger partial charge is 0.276 e. The van der Waals surface area contributed by atoms with E-state index in [1.54, 1.807) is 24.3 Å². The van der Waals surface area contributed by atoms with E-state index in [-0.39, 0.29) is 11.6 Å². The van der Waals surface area contributed by atoms with Crippen molar-refractivity contribution in [3.63, 3.8) is 0 Å². The first-order chi connectivity index (χ1) is 10.6. The molecule has 5 nitrogen and oxygen atoms in total. The van der Waals surface area contributed by atoms with E-state index < -0.39 is 4.92 Å². The molecule has 0 aromatic heterocycles. The Morgan fingerprint density at radius 3 is 2.73 bits per heavy atom. The first kappa shape index (κ1) is 15.4. The molecule has 5 heteroatoms. The lowest BCUT2D eigenvalue weighted by Crippen LogP contribution is -2.07. The minimum atomic E-state index is -0.470. The second kappa shape index (κ2) is 7.17. The fourth-order valence-electron chi connectivity index (χ4n) is 2.01. The van der Waals surface area contributed by atoms with Gasteiger partial charge in [-0.1, -0.05) is 31.2 Å². The van der Waals surface area contributed by atoms with E-state index >= 15 is 0 Å². The number of carbonyl (C=O) groups is 1. The Morgan fingerprint density at radius 2 is 2.00 bits per heavy atom. The topological polar surface area (TPSA) is 72.2 Å². The van der Waals surface area contributed by atoms with Crippen LogP contribution in [0.25, 0.3) is 6.08 Å². The lowest BCUT2D eigenvalue weighted by Gasteiger charge is -2.04. The molecule has 0 aliphatic carbocycles. The van der Waals surface area contributed by atoms with Gasteiger partial charge >= 0.3 is 0 Å². The fourth-order valence-corrected chi connectivity index (χ4v) is 2.01. The first-order valence-electron chi connectivity index (χ1n) is 6.91. The highest BCUT2D eigenvalue weighted by molar-refractivity contribution is 6.02. The van der Waals surface area contributed by atoms with Gasteiger partial charge in [-0.3, -0.25) is 14.9 Å². The Balaban J connectivity index is 2.10. The SMILES string of the molecule is CCc1cccc(NC(=O)/C=C/c2ccccc2[N+](=O)[O-])c1. The van der Waals surface area contributed by atoms with Crippen LogP contribution in [-0.2, 0) is 11.2 Å². The van der Waals surface area contributed by atoms with E-state index in [2.05, 4.69) is 5.32 Å². The summed E-state index contributed by atoms with van der Waals surface area (Å²) in [4.78, 5) is 22.3. The zero-order chi connectivity index (χ0) is 15.9. The third-order valence-corrected chi connectivity index (χ3v) is 3.15. The van der Waals surface area contributed by atoms with Gasteiger partial charge in [0, 0.05) is 17.8 Å². The maximum atomic E-state index is 11.9. The number of hydrogen-bond donors (Lipinski definition) is 1. The molecule has 0 atom stereocenters. The number of para-hydroxylation sites is 1. The molecule has 0 bridgehead atoms. The lowest BCUT2D eigenvalue weighted by atomic mass is 10.1. The number of aryl methyl sites for hydroxylation is 1. The highest BCUT2D eigenvalue weighted by Gasteiger charge is 2.09. The van der Waals surface area contributed by atoms with Gasteiger partial charge in [0.25, 0.3) is 5.69 Å². The monoisotopic (exact) mass is 296 g/mol. The summed E-state index contributed by atoms with van der Waals surface area (Å²) in [5.74, 6) is -0.327. The Bertz CT molecular complexity index is 723. The van der Waals surface area contributed by atoms with Crippen molar-refractivity contribution in [2.75, 3.05) is 5.32 Å². The molecule has 0 aliphatic heterocycles. The highest BCUT2D eigenvalue weighted by Crippen LogP contribution is 2.19. The molecule has 1 N–H and O–H groups in total. The van der Waals surface area contributed by atoms with E-state index in [1.807, 2.05) is 25.1 Å². The number of nitro groups is 1. The van der Waals surface area contributed by atoms with E-state index in [1.165, 1.54) is 18.2 Å². The molecule has 0 heterocycles. The van der Waals surface area contributed by atoms with Gasteiger partial charge in [0.05, 0.1) is 10.5 Å². The van der Waals surface area contributed by atoms with Crippen LogP contribution in [0, 0.1) is 10.1 Å². The predicted octanol–water partition coefficient (Wildman–Crippen LogP) is 3.81. The number of rotatable bonds is 5. The van der Waals surface area contributed by atoms with E-state index in [9.17, 15) is 14.9 Å². The maximum absolute atomic E-state index is 11.9. The van der Waals surface area contributed by atoms with E-state index in [0.717, 1.165) is 12.0 Å². The molecule has 0 saturated heterocycles. The normalized spacial score (nSPS) is 10.6. The molecular weight excluding hydrogens is 280 g/mol. The van der Waals surface area contributed by atoms with Gasteiger partial charge in [-0.15, -0.1) is 0 Å². The van der Waals surface area contributed by atoms with Crippen LogP contribution in [-0.4, -0.2) is 10.8 Å². The first-order valence-corrected chi connectivity index (χ1v) is 6.91. The Morgan fingerprint density at radius 1 is 1.23 bits per heavy atom. The summed E-state index contributed by atoms with van der Waals surface area (Å²) in [7, 11) is 0. The van der Waals surface area contributed by atoms with Crippen molar-refractivity contribution in [3.05, 3.63) is 75.8 Å². The summed E-state index contributed by atoms with van der Waals surface area (Å²) >= 11 is 0. The molecule has 112 valence electrons. The number of nitrogens with zero attached hydrogens (tertiary/aromatic N) is 1. The number of benzene rings is 2. The minimum Gasteiger partial charge on any atom is -0.323 e. The summed E-state index contributed by atoms with van der Waals surface area (Å²) in [5.41, 5.74) is 2.20. The Hall–Kier alpha value is -2.95. The number of carbonyl (C=O) groups excluding carboxylic acids is 1. The summed E-state index contributed by atoms with van der Waals surface area (Å²) in [5, 5.41) is 13.6. The number of anilines is 1. The number of hydrogen-bond acceptors (Lipinski definition) is 3. The average molecular weight is 296 g/mol. The fraction of sp³-hybridized carbons (Fsp3) is 0.118. The van der Waals surface area contributed by atoms with Crippen LogP contribution in [0.3, 0.4) is 0 Å². The van der Waals surface area contributed by atoms with E-state index in [0.29, 0.717) is 11.3 Å². The number of amides is 1. The van der Waals surface area contributed by atoms with Gasteiger partial charge in [0.15, 0.2) is 0 Å². The molecule has 0 saturated carbocycles. The van der Waals surface area contributed by atoms with Crippen molar-refractivity contribution in [2.45, 2.75) is 13.3 Å². The quantitative estimate of drug-likeness (QED) is 0.518. The van der Waals surface area contributed by atoms with Crippen LogP contribution >= 0.6 is 0 Å². The van der Waals surface area contributed by atoms with Crippen molar-refractivity contribution in [3.8, 4) is 0 Å². The molecular formula is C17H16N2O3. The van der Waals surface area contributed by atoms with Crippen molar-refractivity contribution in [2.24, 2.45) is 0 Å². The minimum absolute atomic E-state index is 0.0282. The van der Waals surface area contributed by atoms with Crippen LogP contribution in [0.1, 0.15) is 18.1 Å². The molecule has 0 unspecified atom stereocenters. The lowest BCUT2D eigenvalue weighted by molar-refractivity contribution is -0.385. The Kier molecular flexibility index (Phi) is 5.03. The zero-order valence-electron chi connectivity index (χ0n) is 12.2. The second-order valence-electron chi connectivity index (χ2n) is 4.69. The van der Waals surface area contributed by atoms with Gasteiger partial charge in [0.2, 0.25) is 5.91 Å². The van der Waals surface area contributed by atoms with Gasteiger partial charge in [0.1, 0.15) is 0 Å². The molecule has 0 fully saturated rings. The zero-order valence-corrected chi connectivity index (χ0v) is 12.2. The van der Waals surface area contributed by atoms with Crippen LogP contribution in [0.5, 0.6) is 0 Å². The van der Waals surface area contributed by atoms with Gasteiger partial charge in [-0.25, -0.2) is 0 Å². The van der Waals surface area contributed by atoms with Crippen molar-refractivity contribution >= 4 is 23.4 Å². The summed E-state index contributed by atoms with van der Waals surface area (Å²) in [6.45, 7) is 2.04. The molecule has 2 aromatic carbocycles. The largest absolute Gasteiger partial charge is 0.323 e. The summed E-state index contributed by atoms with van der Waals surface area (Å²) in [6.07, 6.45) is 3.62. The van der Waals surface area contributed by atoms with Crippen LogP contribution < -0.4 is 5.32 Å². The molecule has 2 rings (SSSR count). The van der Waals surface area contributed by atoms with Crippen LogP contribution in [0.15, 0.2) is 54.6 Å². The molecule has 0 aliphatic rings. The highest BCUT2D eigenvalue weighted by atomic mass is 16.6. The van der Waals surface area contributed by atoms with Crippen LogP contribution in [0.2, 0.25) is 0 Å². The average Bonchev–Trinajstić information content (AvgIpc) is 2.53. The third-order valence-electron chi connectivity index (χ3n) is 3.15. The predicted molar refractivity (Wildman–Crippen MR) is 86.6 cm³/mol. The standard InChI is InChI=1S/C17H16N2O3/c1-2-13-6-5-8-15(12-13)18-17(20)11-10-14-7-3-4-9-16(14)19(21)22/h3-12H,2H2,1H3,(H,18,20)/b11-10+. The molecule has 1 amide bonds. The van der Waals surface area contributed by atoms with Crippen molar-refractivity contribution in [1.29, 1.82) is 0 Å². The van der Waals surface area contributed by atoms with Gasteiger partial charge in [-0.2, -0.15) is 0 Å². The maximum Gasteiger partial charge on any atom is 0.276 e. The van der Waals surface area contributed by atoms with E-state index in [4.69, 9.17) is 0 Å². The third kappa shape index (κ3) is 4.02. The number of nitrogens with one attached hydrogen (secondary N) is 1. The molecule has 0 spiro atoms. The second-order valence-corrected chi connectivity index (χ2v) is 4.69. The molecule has 22 heavy (non-hydrogen) atoms. The molecule has 2 aromatic rings. The van der Waals surface area contributed by atoms with Crippen molar-refractivity contribution < 1.29 is 9.72 Å². The number of nitro benzene ring substituents is 1. The van der Waals surface area contributed by atoms with Gasteiger partial charge < -0.3 is 5.32 Å². The van der Waals surface area contributed by atoms with Crippen molar-refractivity contribution in [1.82, 2.24) is 0 Å². The van der Waals surface area contributed by atoms with Crippen LogP contribution in [0.4, 0.5) is 11.4 Å². The van der Waals surface area contributed by atoms with Gasteiger partial charge in [-0.05, 0) is 36.3 Å². The molecule has 0 radical (unpaired) electrons.